The Morgan fingerprint density at radius 2 is 1.66 bits per heavy atom. The number of imidazole rings is 1. The van der Waals surface area contributed by atoms with E-state index in [9.17, 15) is 14.7 Å². The fraction of sp³-hybridized carbons (Fsp3) is 0.286. The van der Waals surface area contributed by atoms with Crippen molar-refractivity contribution in [1.82, 2.24) is 19.9 Å². The molecule has 9 nitrogen and oxygen atoms in total. The average molecular weight is 533 g/mol. The number of benzene rings is 2. The molecular weight excluding hydrogens is 508 g/mol. The third-order valence-corrected chi connectivity index (χ3v) is 7.51. The molecule has 1 amide bonds. The van der Waals surface area contributed by atoms with E-state index in [2.05, 4.69) is 15.0 Å². The molecule has 2 aromatic carbocycles. The zero-order valence-electron chi connectivity index (χ0n) is 20.3. The Hall–Kier alpha value is -3.95. The van der Waals surface area contributed by atoms with Gasteiger partial charge in [0.15, 0.2) is 5.65 Å². The molecule has 38 heavy (non-hydrogen) atoms. The van der Waals surface area contributed by atoms with Crippen LogP contribution in [0.5, 0.6) is 6.01 Å². The van der Waals surface area contributed by atoms with Gasteiger partial charge in [-0.05, 0) is 48.6 Å². The minimum absolute atomic E-state index is 0.0769. The van der Waals surface area contributed by atoms with Crippen molar-refractivity contribution in [3.05, 3.63) is 65.2 Å². The van der Waals surface area contributed by atoms with Gasteiger partial charge in [-0.15, -0.1) is 0 Å². The number of likely N-dealkylation sites (tertiary alicyclic amines) is 1. The second kappa shape index (κ2) is 9.74. The fourth-order valence-electron chi connectivity index (χ4n) is 5.00. The van der Waals surface area contributed by atoms with Crippen LogP contribution in [0.2, 0.25) is 5.02 Å². The van der Waals surface area contributed by atoms with Gasteiger partial charge in [0.2, 0.25) is 5.91 Å². The number of aliphatic hydroxyl groups is 1. The van der Waals surface area contributed by atoms with Crippen LogP contribution in [0.1, 0.15) is 29.6 Å². The van der Waals surface area contributed by atoms with Crippen molar-refractivity contribution in [2.45, 2.75) is 31.5 Å². The Balaban J connectivity index is 1.13. The van der Waals surface area contributed by atoms with E-state index in [0.29, 0.717) is 60.2 Å². The van der Waals surface area contributed by atoms with E-state index in [-0.39, 0.29) is 23.5 Å². The van der Waals surface area contributed by atoms with Gasteiger partial charge < -0.3 is 24.8 Å². The first-order valence-electron chi connectivity index (χ1n) is 12.5. The van der Waals surface area contributed by atoms with E-state index >= 15 is 0 Å². The molecular formula is C28H25ClN4O5. The third kappa shape index (κ3) is 4.70. The molecule has 6 rings (SSSR count). The standard InChI is InChI=1S/C28H25ClN4O5/c29-22-13-23-25(32-28(30-23)38-21-11-19(12-21)26(35)33-10-9-20(34)14-33)31-24(22)17-5-1-15(2-6-17)16-3-7-18(8-4-16)27(36)37/h1-8,13,19-21,34H,9-12,14H2,(H,36,37)(H,30,31,32)/t19-,20-,21+/m1/s1. The number of amides is 1. The minimum atomic E-state index is -0.957. The molecule has 3 heterocycles. The van der Waals surface area contributed by atoms with Crippen LogP contribution in [0.25, 0.3) is 33.5 Å². The molecule has 10 heteroatoms. The maximum Gasteiger partial charge on any atom is 0.335 e. The van der Waals surface area contributed by atoms with Gasteiger partial charge in [-0.25, -0.2) is 9.78 Å². The first-order chi connectivity index (χ1) is 18.3. The number of ether oxygens (including phenoxy) is 1. The summed E-state index contributed by atoms with van der Waals surface area (Å²) in [5.41, 5.74) is 4.63. The maximum atomic E-state index is 12.6. The zero-order chi connectivity index (χ0) is 26.4. The summed E-state index contributed by atoms with van der Waals surface area (Å²) in [6, 6.07) is 16.5. The number of aliphatic hydroxyl groups excluding tert-OH is 1. The summed E-state index contributed by atoms with van der Waals surface area (Å²) < 4.78 is 5.97. The van der Waals surface area contributed by atoms with Gasteiger partial charge in [-0.1, -0.05) is 48.0 Å². The quantitative estimate of drug-likeness (QED) is 0.336. The number of nitrogens with one attached hydrogen (secondary N) is 1. The fourth-order valence-corrected chi connectivity index (χ4v) is 5.26. The summed E-state index contributed by atoms with van der Waals surface area (Å²) in [6.45, 7) is 1.03. The van der Waals surface area contributed by atoms with Crippen LogP contribution in [-0.4, -0.2) is 67.2 Å². The molecule has 0 unspecified atom stereocenters. The van der Waals surface area contributed by atoms with Gasteiger partial charge in [0.25, 0.3) is 6.01 Å². The lowest BCUT2D eigenvalue weighted by Crippen LogP contribution is -2.45. The Morgan fingerprint density at radius 1 is 1.00 bits per heavy atom. The van der Waals surface area contributed by atoms with E-state index in [4.69, 9.17) is 21.4 Å². The molecule has 194 valence electrons. The van der Waals surface area contributed by atoms with Crippen molar-refractivity contribution in [1.29, 1.82) is 0 Å². The van der Waals surface area contributed by atoms with Crippen LogP contribution in [-0.2, 0) is 4.79 Å². The molecule has 2 fully saturated rings. The summed E-state index contributed by atoms with van der Waals surface area (Å²) in [6.07, 6.45) is 1.35. The van der Waals surface area contributed by atoms with Crippen LogP contribution in [0.4, 0.5) is 0 Å². The van der Waals surface area contributed by atoms with Gasteiger partial charge in [0.05, 0.1) is 27.9 Å². The van der Waals surface area contributed by atoms with Gasteiger partial charge in [0, 0.05) is 24.6 Å². The first kappa shape index (κ1) is 24.4. The Morgan fingerprint density at radius 3 is 2.29 bits per heavy atom. The molecule has 1 saturated heterocycles. The number of aromatic carboxylic acids is 1. The highest BCUT2D eigenvalue weighted by Crippen LogP contribution is 2.35. The number of pyridine rings is 1. The molecule has 1 atom stereocenters. The lowest BCUT2D eigenvalue weighted by molar-refractivity contribution is -0.140. The van der Waals surface area contributed by atoms with Crippen molar-refractivity contribution in [3.63, 3.8) is 0 Å². The first-order valence-corrected chi connectivity index (χ1v) is 12.9. The van der Waals surface area contributed by atoms with Crippen LogP contribution in [0.3, 0.4) is 0 Å². The van der Waals surface area contributed by atoms with E-state index in [1.807, 2.05) is 24.3 Å². The minimum Gasteiger partial charge on any atom is -0.478 e. The number of carboxylic acid groups (broad SMARTS) is 1. The summed E-state index contributed by atoms with van der Waals surface area (Å²) in [5, 5.41) is 19.2. The number of aromatic nitrogens is 3. The molecule has 1 aliphatic carbocycles. The largest absolute Gasteiger partial charge is 0.478 e. The lowest BCUT2D eigenvalue weighted by Gasteiger charge is -2.35. The summed E-state index contributed by atoms with van der Waals surface area (Å²) >= 11 is 6.55. The maximum absolute atomic E-state index is 12.6. The second-order valence-corrected chi connectivity index (χ2v) is 10.2. The Kier molecular flexibility index (Phi) is 6.25. The number of halogens is 1. The van der Waals surface area contributed by atoms with Crippen LogP contribution >= 0.6 is 11.6 Å². The second-order valence-electron chi connectivity index (χ2n) is 9.83. The van der Waals surface area contributed by atoms with Crippen molar-refractivity contribution in [2.24, 2.45) is 5.92 Å². The Bertz CT molecular complexity index is 1510. The van der Waals surface area contributed by atoms with Crippen LogP contribution in [0, 0.1) is 5.92 Å². The highest BCUT2D eigenvalue weighted by molar-refractivity contribution is 6.33. The summed E-state index contributed by atoms with van der Waals surface area (Å²) in [4.78, 5) is 37.6. The molecule has 1 aliphatic heterocycles. The molecule has 4 aromatic rings. The van der Waals surface area contributed by atoms with Crippen molar-refractivity contribution in [2.75, 3.05) is 13.1 Å². The molecule has 0 bridgehead atoms. The summed E-state index contributed by atoms with van der Waals surface area (Å²) in [7, 11) is 0. The van der Waals surface area contributed by atoms with Crippen molar-refractivity contribution < 1.29 is 24.5 Å². The van der Waals surface area contributed by atoms with Crippen LogP contribution < -0.4 is 4.74 Å². The van der Waals surface area contributed by atoms with Crippen LogP contribution in [0.15, 0.2) is 54.6 Å². The smallest absolute Gasteiger partial charge is 0.335 e. The number of carboxylic acids is 1. The average Bonchev–Trinajstić information content (AvgIpc) is 3.50. The van der Waals surface area contributed by atoms with Gasteiger partial charge in [0.1, 0.15) is 6.10 Å². The number of carbonyl (C=O) groups excluding carboxylic acids is 1. The predicted octanol–water partition coefficient (Wildman–Crippen LogP) is 4.39. The number of hydrogen-bond donors (Lipinski definition) is 3. The van der Waals surface area contributed by atoms with E-state index < -0.39 is 12.1 Å². The third-order valence-electron chi connectivity index (χ3n) is 7.23. The van der Waals surface area contributed by atoms with Crippen molar-refractivity contribution >= 4 is 34.6 Å². The number of hydrogen-bond acceptors (Lipinski definition) is 6. The highest BCUT2D eigenvalue weighted by atomic mass is 35.5. The lowest BCUT2D eigenvalue weighted by atomic mass is 9.81. The molecule has 0 spiro atoms. The normalized spacial score (nSPS) is 20.9. The number of rotatable bonds is 6. The molecule has 1 saturated carbocycles. The number of nitrogens with zero attached hydrogens (tertiary/aromatic N) is 3. The number of carbonyl (C=O) groups is 2. The van der Waals surface area contributed by atoms with E-state index in [1.165, 1.54) is 0 Å². The van der Waals surface area contributed by atoms with Gasteiger partial charge >= 0.3 is 5.97 Å². The van der Waals surface area contributed by atoms with Gasteiger partial charge in [-0.2, -0.15) is 4.98 Å². The summed E-state index contributed by atoms with van der Waals surface area (Å²) in [5.74, 6) is -0.944. The number of H-pyrrole nitrogens is 1. The van der Waals surface area contributed by atoms with Gasteiger partial charge in [-0.3, -0.25) is 4.79 Å². The molecule has 3 N–H and O–H groups in total. The van der Waals surface area contributed by atoms with E-state index in [0.717, 1.165) is 16.7 Å². The topological polar surface area (TPSA) is 129 Å². The zero-order valence-corrected chi connectivity index (χ0v) is 21.1. The van der Waals surface area contributed by atoms with E-state index in [1.54, 1.807) is 35.2 Å². The molecule has 0 radical (unpaired) electrons. The highest BCUT2D eigenvalue weighted by Gasteiger charge is 2.40. The monoisotopic (exact) mass is 532 g/mol. The number of aromatic amines is 1. The predicted molar refractivity (Wildman–Crippen MR) is 141 cm³/mol. The SMILES string of the molecule is O=C(O)c1ccc(-c2ccc(-c3nc4nc(O[C@H]5C[C@@H](C(=O)N6CC[C@@H](O)C6)C5)[nH]c4cc3Cl)cc2)cc1. The Labute approximate surface area is 223 Å². The molecule has 2 aromatic heterocycles. The van der Waals surface area contributed by atoms with Crippen molar-refractivity contribution in [3.8, 4) is 28.4 Å². The molecule has 2 aliphatic rings. The number of β-amino-alcohol motifs (C(OH)–C–C–N with tert-alkyl or cyclic N) is 1. The number of fused-ring (bicyclic) bond motifs is 1.